The van der Waals surface area contributed by atoms with Crippen molar-refractivity contribution in [2.24, 2.45) is 5.73 Å². The lowest BCUT2D eigenvalue weighted by molar-refractivity contribution is -0.119. The van der Waals surface area contributed by atoms with Gasteiger partial charge in [-0.15, -0.1) is 24.2 Å². The van der Waals surface area contributed by atoms with Crippen LogP contribution >= 0.6 is 24.2 Å². The number of nitrogens with two attached hydrogens (primary N) is 1. The maximum atomic E-state index is 12.0. The van der Waals surface area contributed by atoms with Crippen molar-refractivity contribution in [2.45, 2.75) is 51.3 Å². The largest absolute Gasteiger partial charge is 0.360 e. The summed E-state index contributed by atoms with van der Waals surface area (Å²) in [5, 5.41) is 8.89. The predicted molar refractivity (Wildman–Crippen MR) is 99.5 cm³/mol. The summed E-state index contributed by atoms with van der Waals surface area (Å²) in [7, 11) is 0. The molecule has 0 aliphatic carbocycles. The van der Waals surface area contributed by atoms with E-state index in [0.717, 1.165) is 19.3 Å². The van der Waals surface area contributed by atoms with Gasteiger partial charge in [0.05, 0.1) is 11.0 Å². The van der Waals surface area contributed by atoms with Crippen LogP contribution in [0.3, 0.4) is 0 Å². The van der Waals surface area contributed by atoms with E-state index in [-0.39, 0.29) is 41.3 Å². The van der Waals surface area contributed by atoms with E-state index in [1.165, 1.54) is 11.8 Å². The van der Waals surface area contributed by atoms with Gasteiger partial charge in [0.25, 0.3) is 0 Å². The highest BCUT2D eigenvalue weighted by atomic mass is 35.5. The van der Waals surface area contributed by atoms with Crippen LogP contribution in [0, 0.1) is 6.92 Å². The molecule has 0 aliphatic rings. The van der Waals surface area contributed by atoms with Crippen LogP contribution < -0.4 is 16.4 Å². The van der Waals surface area contributed by atoms with Crippen molar-refractivity contribution >= 4 is 41.8 Å². The number of anilines is 1. The molecule has 4 N–H and O–H groups in total. The van der Waals surface area contributed by atoms with Crippen LogP contribution in [0.25, 0.3) is 0 Å². The molecule has 0 radical (unpaired) electrons. The van der Waals surface area contributed by atoms with Gasteiger partial charge >= 0.3 is 0 Å². The highest BCUT2D eigenvalue weighted by molar-refractivity contribution is 8.01. The third kappa shape index (κ3) is 8.56. The van der Waals surface area contributed by atoms with E-state index in [4.69, 9.17) is 10.3 Å². The van der Waals surface area contributed by atoms with Crippen LogP contribution in [0.5, 0.6) is 0 Å². The molecule has 138 valence electrons. The maximum absolute atomic E-state index is 12.0. The minimum Gasteiger partial charge on any atom is -0.360 e. The molecular weight excluding hydrogens is 352 g/mol. The summed E-state index contributed by atoms with van der Waals surface area (Å²) in [5.41, 5.74) is 5.65. The maximum Gasteiger partial charge on any atom is 0.238 e. The molecule has 2 atom stereocenters. The van der Waals surface area contributed by atoms with Gasteiger partial charge in [-0.1, -0.05) is 24.9 Å². The fourth-order valence-corrected chi connectivity index (χ4v) is 2.59. The molecule has 0 aliphatic heterocycles. The molecule has 1 heterocycles. The summed E-state index contributed by atoms with van der Waals surface area (Å²) in [6, 6.07) is 1.65. The number of rotatable bonds is 10. The standard InChI is InChI=1S/C15H26N4O3S.ClH/c1-4-5-6-12(8-16)17-14(20)9-23-11(3)15(21)18-13-7-10(2)22-19-13;/h7,11-12H,4-6,8-9,16H2,1-3H3,(H,17,20)(H,18,19,21);1H. The first kappa shape index (κ1) is 22.8. The van der Waals surface area contributed by atoms with Gasteiger partial charge in [-0.25, -0.2) is 0 Å². The molecule has 9 heteroatoms. The van der Waals surface area contributed by atoms with E-state index >= 15 is 0 Å². The number of thioether (sulfide) groups is 1. The van der Waals surface area contributed by atoms with Crippen molar-refractivity contribution in [1.29, 1.82) is 0 Å². The van der Waals surface area contributed by atoms with Crippen LogP contribution in [0.15, 0.2) is 10.6 Å². The topological polar surface area (TPSA) is 110 Å². The lowest BCUT2D eigenvalue weighted by Gasteiger charge is -2.17. The third-order valence-electron chi connectivity index (χ3n) is 3.27. The van der Waals surface area contributed by atoms with Gasteiger partial charge in [0.2, 0.25) is 11.8 Å². The fourth-order valence-electron chi connectivity index (χ4n) is 1.90. The molecule has 1 aromatic heterocycles. The average molecular weight is 379 g/mol. The van der Waals surface area contributed by atoms with E-state index in [1.54, 1.807) is 19.9 Å². The van der Waals surface area contributed by atoms with Crippen molar-refractivity contribution in [3.8, 4) is 0 Å². The number of halogens is 1. The van der Waals surface area contributed by atoms with Crippen LogP contribution in [-0.4, -0.2) is 40.6 Å². The summed E-state index contributed by atoms with van der Waals surface area (Å²) in [4.78, 5) is 23.9. The number of unbranched alkanes of at least 4 members (excludes halogenated alkanes) is 1. The SMILES string of the molecule is CCCCC(CN)NC(=O)CSC(C)C(=O)Nc1cc(C)on1.Cl. The summed E-state index contributed by atoms with van der Waals surface area (Å²) in [6.07, 6.45) is 2.98. The molecule has 7 nitrogen and oxygen atoms in total. The Morgan fingerprint density at radius 3 is 2.71 bits per heavy atom. The second-order valence-corrected chi connectivity index (χ2v) is 6.74. The van der Waals surface area contributed by atoms with Gasteiger partial charge < -0.3 is 20.9 Å². The molecule has 0 saturated heterocycles. The summed E-state index contributed by atoms with van der Waals surface area (Å²) >= 11 is 1.27. The van der Waals surface area contributed by atoms with Crippen molar-refractivity contribution in [3.05, 3.63) is 11.8 Å². The Morgan fingerprint density at radius 2 is 2.17 bits per heavy atom. The zero-order chi connectivity index (χ0) is 17.2. The lowest BCUT2D eigenvalue weighted by atomic mass is 10.1. The number of hydrogen-bond acceptors (Lipinski definition) is 6. The first-order chi connectivity index (χ1) is 11.0. The summed E-state index contributed by atoms with van der Waals surface area (Å²) in [5.74, 6) is 0.915. The highest BCUT2D eigenvalue weighted by Crippen LogP contribution is 2.14. The Bertz CT molecular complexity index is 513. The van der Waals surface area contributed by atoms with Crippen LogP contribution in [0.4, 0.5) is 5.82 Å². The van der Waals surface area contributed by atoms with Gasteiger partial charge in [-0.2, -0.15) is 0 Å². The van der Waals surface area contributed by atoms with Crippen molar-refractivity contribution in [2.75, 3.05) is 17.6 Å². The number of carbonyl (C=O) groups is 2. The Hall–Kier alpha value is -1.25. The van der Waals surface area contributed by atoms with Crippen LogP contribution in [0.1, 0.15) is 38.9 Å². The zero-order valence-corrected chi connectivity index (χ0v) is 16.0. The van der Waals surface area contributed by atoms with Crippen LogP contribution in [0.2, 0.25) is 0 Å². The number of carbonyl (C=O) groups excluding carboxylic acids is 2. The fraction of sp³-hybridized carbons (Fsp3) is 0.667. The molecule has 0 bridgehead atoms. The summed E-state index contributed by atoms with van der Waals surface area (Å²) < 4.78 is 4.88. The van der Waals surface area contributed by atoms with Crippen molar-refractivity contribution in [3.63, 3.8) is 0 Å². The first-order valence-corrected chi connectivity index (χ1v) is 8.86. The molecule has 0 spiro atoms. The van der Waals surface area contributed by atoms with Gasteiger partial charge in [0, 0.05) is 18.7 Å². The van der Waals surface area contributed by atoms with E-state index in [0.29, 0.717) is 18.1 Å². The van der Waals surface area contributed by atoms with E-state index in [1.807, 2.05) is 0 Å². The number of nitrogens with zero attached hydrogens (tertiary/aromatic N) is 1. The Morgan fingerprint density at radius 1 is 1.46 bits per heavy atom. The molecule has 24 heavy (non-hydrogen) atoms. The van der Waals surface area contributed by atoms with E-state index in [9.17, 15) is 9.59 Å². The molecule has 1 aromatic rings. The Kier molecular flexibility index (Phi) is 11.5. The molecular formula is C15H27ClN4O3S. The number of hydrogen-bond donors (Lipinski definition) is 3. The Labute approximate surface area is 153 Å². The monoisotopic (exact) mass is 378 g/mol. The van der Waals surface area contributed by atoms with Gasteiger partial charge in [-0.3, -0.25) is 9.59 Å². The quantitative estimate of drug-likeness (QED) is 0.575. The number of amides is 2. The van der Waals surface area contributed by atoms with E-state index < -0.39 is 0 Å². The van der Waals surface area contributed by atoms with Crippen molar-refractivity contribution in [1.82, 2.24) is 10.5 Å². The van der Waals surface area contributed by atoms with Gasteiger partial charge in [0.1, 0.15) is 5.76 Å². The van der Waals surface area contributed by atoms with E-state index in [2.05, 4.69) is 22.7 Å². The molecule has 0 aromatic carbocycles. The normalized spacial score (nSPS) is 12.8. The van der Waals surface area contributed by atoms with Crippen LogP contribution in [-0.2, 0) is 9.59 Å². The average Bonchev–Trinajstić information content (AvgIpc) is 2.93. The minimum absolute atomic E-state index is 0. The molecule has 2 unspecified atom stereocenters. The molecule has 2 amide bonds. The number of nitrogens with one attached hydrogen (secondary N) is 2. The summed E-state index contributed by atoms with van der Waals surface area (Å²) in [6.45, 7) is 6.02. The smallest absolute Gasteiger partial charge is 0.238 e. The molecule has 1 rings (SSSR count). The number of aromatic nitrogens is 1. The third-order valence-corrected chi connectivity index (χ3v) is 4.41. The minimum atomic E-state index is -0.371. The first-order valence-electron chi connectivity index (χ1n) is 7.81. The zero-order valence-electron chi connectivity index (χ0n) is 14.3. The Balaban J connectivity index is 0.00000529. The predicted octanol–water partition coefficient (Wildman–Crippen LogP) is 2.10. The van der Waals surface area contributed by atoms with Gasteiger partial charge in [0.15, 0.2) is 5.82 Å². The molecule has 0 fully saturated rings. The second kappa shape index (κ2) is 12.2. The lowest BCUT2D eigenvalue weighted by Crippen LogP contribution is -2.41. The van der Waals surface area contributed by atoms with Crippen molar-refractivity contribution < 1.29 is 14.1 Å². The second-order valence-electron chi connectivity index (χ2n) is 5.41. The highest BCUT2D eigenvalue weighted by Gasteiger charge is 2.18. The van der Waals surface area contributed by atoms with Gasteiger partial charge in [-0.05, 0) is 20.3 Å². The number of aryl methyl sites for hydroxylation is 1. The molecule has 0 saturated carbocycles.